The number of ether oxygens (including phenoxy) is 1. The third-order valence-electron chi connectivity index (χ3n) is 2.05. The van der Waals surface area contributed by atoms with Crippen molar-refractivity contribution in [1.29, 1.82) is 0 Å². The van der Waals surface area contributed by atoms with E-state index in [1.54, 1.807) is 0 Å². The summed E-state index contributed by atoms with van der Waals surface area (Å²) in [6.07, 6.45) is -0.775. The highest BCUT2D eigenvalue weighted by atomic mass is 79.9. The number of anilines is 1. The van der Waals surface area contributed by atoms with Crippen LogP contribution >= 0.6 is 27.5 Å². The monoisotopic (exact) mass is 324 g/mol. The summed E-state index contributed by atoms with van der Waals surface area (Å²) in [5, 5.41) is 2.61. The van der Waals surface area contributed by atoms with Gasteiger partial charge in [0.25, 0.3) is 5.91 Å². The number of amides is 1. The zero-order valence-corrected chi connectivity index (χ0v) is 11.3. The summed E-state index contributed by atoms with van der Waals surface area (Å²) in [6.45, 7) is 0.0404. The number of halogens is 3. The van der Waals surface area contributed by atoms with Crippen LogP contribution in [-0.4, -0.2) is 25.7 Å². The lowest BCUT2D eigenvalue weighted by Crippen LogP contribution is -2.36. The normalized spacial score (nSPS) is 12.3. The van der Waals surface area contributed by atoms with E-state index in [9.17, 15) is 9.18 Å². The standard InChI is InChI=1S/C10H11BrClFN2O2/c1-17-8(4-14)10(16)15-9-6(11)2-5(13)3-7(9)12/h2-3,8H,4,14H2,1H3,(H,15,16). The van der Waals surface area contributed by atoms with Crippen molar-refractivity contribution in [3.63, 3.8) is 0 Å². The van der Waals surface area contributed by atoms with E-state index in [0.717, 1.165) is 6.07 Å². The van der Waals surface area contributed by atoms with Crippen LogP contribution in [0.4, 0.5) is 10.1 Å². The minimum absolute atomic E-state index is 0.0404. The maximum atomic E-state index is 13.0. The predicted molar refractivity (Wildman–Crippen MR) is 67.6 cm³/mol. The third kappa shape index (κ3) is 3.64. The SMILES string of the molecule is COC(CN)C(=O)Nc1c(Cl)cc(F)cc1Br. The quantitative estimate of drug-likeness (QED) is 0.891. The Kier molecular flexibility index (Phi) is 5.32. The number of nitrogens with two attached hydrogens (primary N) is 1. The summed E-state index contributed by atoms with van der Waals surface area (Å²) >= 11 is 8.92. The van der Waals surface area contributed by atoms with Gasteiger partial charge < -0.3 is 15.8 Å². The molecule has 0 saturated carbocycles. The Morgan fingerprint density at radius 2 is 2.35 bits per heavy atom. The van der Waals surface area contributed by atoms with Gasteiger partial charge in [0.2, 0.25) is 0 Å². The molecule has 0 aliphatic heterocycles. The first-order valence-corrected chi connectivity index (χ1v) is 5.85. The molecule has 0 heterocycles. The van der Waals surface area contributed by atoms with Crippen LogP contribution in [0, 0.1) is 5.82 Å². The van der Waals surface area contributed by atoms with Crippen molar-refractivity contribution in [3.05, 3.63) is 27.4 Å². The fourth-order valence-corrected chi connectivity index (χ4v) is 2.07. The topological polar surface area (TPSA) is 64.3 Å². The van der Waals surface area contributed by atoms with Gasteiger partial charge in [0.15, 0.2) is 0 Å². The Labute approximate surface area is 111 Å². The molecular formula is C10H11BrClFN2O2. The van der Waals surface area contributed by atoms with E-state index >= 15 is 0 Å². The van der Waals surface area contributed by atoms with Gasteiger partial charge >= 0.3 is 0 Å². The van der Waals surface area contributed by atoms with Gasteiger partial charge in [0.05, 0.1) is 10.7 Å². The molecule has 0 fully saturated rings. The Bertz CT molecular complexity index is 404. The molecule has 7 heteroatoms. The average Bonchev–Trinajstić information content (AvgIpc) is 2.25. The van der Waals surface area contributed by atoms with E-state index in [2.05, 4.69) is 21.2 Å². The average molecular weight is 326 g/mol. The van der Waals surface area contributed by atoms with Crippen LogP contribution in [-0.2, 0) is 9.53 Å². The van der Waals surface area contributed by atoms with E-state index in [1.807, 2.05) is 0 Å². The molecule has 4 nitrogen and oxygen atoms in total. The molecule has 0 bridgehead atoms. The molecule has 3 N–H and O–H groups in total. The zero-order chi connectivity index (χ0) is 13.0. The van der Waals surface area contributed by atoms with E-state index in [-0.39, 0.29) is 17.3 Å². The Hall–Kier alpha value is -0.690. The number of hydrogen-bond acceptors (Lipinski definition) is 3. The maximum absolute atomic E-state index is 13.0. The molecule has 17 heavy (non-hydrogen) atoms. The molecule has 1 aromatic carbocycles. The Morgan fingerprint density at radius 1 is 1.71 bits per heavy atom. The molecule has 1 amide bonds. The highest BCUT2D eigenvalue weighted by molar-refractivity contribution is 9.10. The van der Waals surface area contributed by atoms with Gasteiger partial charge in [0.1, 0.15) is 11.9 Å². The van der Waals surface area contributed by atoms with Crippen molar-refractivity contribution in [2.45, 2.75) is 6.10 Å². The van der Waals surface area contributed by atoms with Crippen molar-refractivity contribution in [1.82, 2.24) is 0 Å². The second-order valence-electron chi connectivity index (χ2n) is 3.19. The number of hydrogen-bond donors (Lipinski definition) is 2. The van der Waals surface area contributed by atoms with E-state index in [4.69, 9.17) is 22.1 Å². The number of carbonyl (C=O) groups is 1. The lowest BCUT2D eigenvalue weighted by molar-refractivity contribution is -0.125. The highest BCUT2D eigenvalue weighted by Crippen LogP contribution is 2.31. The summed E-state index contributed by atoms with van der Waals surface area (Å²) in [5.41, 5.74) is 5.63. The first kappa shape index (κ1) is 14.4. The molecule has 0 spiro atoms. The van der Waals surface area contributed by atoms with Crippen molar-refractivity contribution >= 4 is 39.1 Å². The summed E-state index contributed by atoms with van der Waals surface area (Å²) in [6, 6.07) is 2.30. The third-order valence-corrected chi connectivity index (χ3v) is 2.97. The van der Waals surface area contributed by atoms with Gasteiger partial charge in [0, 0.05) is 18.1 Å². The molecule has 0 aromatic heterocycles. The number of nitrogens with one attached hydrogen (secondary N) is 1. The first-order chi connectivity index (χ1) is 7.99. The van der Waals surface area contributed by atoms with Crippen LogP contribution in [0.1, 0.15) is 0 Å². The molecule has 0 aliphatic carbocycles. The minimum atomic E-state index is -0.775. The van der Waals surface area contributed by atoms with Gasteiger partial charge in [-0.15, -0.1) is 0 Å². The molecule has 0 radical (unpaired) electrons. The molecule has 0 aliphatic rings. The smallest absolute Gasteiger partial charge is 0.254 e. The van der Waals surface area contributed by atoms with Gasteiger partial charge in [-0.2, -0.15) is 0 Å². The number of benzene rings is 1. The Morgan fingerprint density at radius 3 is 2.82 bits per heavy atom. The summed E-state index contributed by atoms with van der Waals surface area (Å²) < 4.78 is 18.2. The second-order valence-corrected chi connectivity index (χ2v) is 4.46. The summed E-state index contributed by atoms with van der Waals surface area (Å²) in [5.74, 6) is -0.939. The van der Waals surface area contributed by atoms with Crippen LogP contribution in [0.15, 0.2) is 16.6 Å². The van der Waals surface area contributed by atoms with Gasteiger partial charge in [-0.25, -0.2) is 4.39 Å². The fourth-order valence-electron chi connectivity index (χ4n) is 1.18. The van der Waals surface area contributed by atoms with Crippen LogP contribution in [0.2, 0.25) is 5.02 Å². The summed E-state index contributed by atoms with van der Waals surface area (Å²) in [4.78, 5) is 11.7. The largest absolute Gasteiger partial charge is 0.370 e. The fraction of sp³-hybridized carbons (Fsp3) is 0.300. The lowest BCUT2D eigenvalue weighted by Gasteiger charge is -2.15. The lowest BCUT2D eigenvalue weighted by atomic mass is 10.2. The number of carbonyl (C=O) groups excluding carboxylic acids is 1. The minimum Gasteiger partial charge on any atom is -0.370 e. The van der Waals surface area contributed by atoms with Crippen LogP contribution in [0.25, 0.3) is 0 Å². The number of rotatable bonds is 4. The second kappa shape index (κ2) is 6.30. The molecule has 1 rings (SSSR count). The van der Waals surface area contributed by atoms with Crippen molar-refractivity contribution in [2.24, 2.45) is 5.73 Å². The van der Waals surface area contributed by atoms with Gasteiger partial charge in [-0.05, 0) is 28.1 Å². The molecule has 0 saturated heterocycles. The highest BCUT2D eigenvalue weighted by Gasteiger charge is 2.18. The van der Waals surface area contributed by atoms with Crippen molar-refractivity contribution in [3.8, 4) is 0 Å². The van der Waals surface area contributed by atoms with Crippen molar-refractivity contribution < 1.29 is 13.9 Å². The Balaban J connectivity index is 2.92. The first-order valence-electron chi connectivity index (χ1n) is 4.67. The summed E-state index contributed by atoms with van der Waals surface area (Å²) in [7, 11) is 1.37. The molecule has 94 valence electrons. The van der Waals surface area contributed by atoms with Crippen LogP contribution in [0.3, 0.4) is 0 Å². The van der Waals surface area contributed by atoms with Gasteiger partial charge in [-0.1, -0.05) is 11.6 Å². The zero-order valence-electron chi connectivity index (χ0n) is 8.97. The van der Waals surface area contributed by atoms with E-state index < -0.39 is 17.8 Å². The molecular weight excluding hydrogens is 314 g/mol. The van der Waals surface area contributed by atoms with Crippen molar-refractivity contribution in [2.75, 3.05) is 19.0 Å². The van der Waals surface area contributed by atoms with E-state index in [0.29, 0.717) is 4.47 Å². The van der Waals surface area contributed by atoms with E-state index in [1.165, 1.54) is 13.2 Å². The molecule has 1 atom stereocenters. The maximum Gasteiger partial charge on any atom is 0.254 e. The molecule has 1 unspecified atom stereocenters. The van der Waals surface area contributed by atoms with Crippen LogP contribution < -0.4 is 11.1 Å². The predicted octanol–water partition coefficient (Wildman–Crippen LogP) is 2.15. The van der Waals surface area contributed by atoms with Gasteiger partial charge in [-0.3, -0.25) is 4.79 Å². The van der Waals surface area contributed by atoms with Crippen LogP contribution in [0.5, 0.6) is 0 Å². The molecule has 1 aromatic rings. The number of methoxy groups -OCH3 is 1.